The van der Waals surface area contributed by atoms with E-state index in [2.05, 4.69) is 159 Å². The fourth-order valence-corrected chi connectivity index (χ4v) is 1.34. The molecule has 0 spiro atoms. The molecule has 41 heavy (non-hydrogen) atoms. The zero-order valence-electron chi connectivity index (χ0n) is 34.5. The molecule has 0 unspecified atom stereocenters. The molecule has 0 atom stereocenters. The van der Waals surface area contributed by atoms with Crippen LogP contribution in [0.4, 0.5) is 0 Å². The van der Waals surface area contributed by atoms with Gasteiger partial charge in [0, 0.05) is 0 Å². The fourth-order valence-electron chi connectivity index (χ4n) is 1.34. The second-order valence-corrected chi connectivity index (χ2v) is 17.0. The van der Waals surface area contributed by atoms with E-state index in [1.807, 2.05) is 0 Å². The van der Waals surface area contributed by atoms with Crippen LogP contribution in [0.5, 0.6) is 0 Å². The van der Waals surface area contributed by atoms with Crippen molar-refractivity contribution in [3.05, 3.63) is 0 Å². The van der Waals surface area contributed by atoms with Gasteiger partial charge in [0.25, 0.3) is 0 Å². The van der Waals surface area contributed by atoms with Crippen LogP contribution in [0.3, 0.4) is 0 Å². The van der Waals surface area contributed by atoms with Gasteiger partial charge in [-0.3, -0.25) is 0 Å². The second kappa shape index (κ2) is 31.4. The van der Waals surface area contributed by atoms with Gasteiger partial charge in [0.15, 0.2) is 0 Å². The molecule has 0 saturated heterocycles. The van der Waals surface area contributed by atoms with Crippen LogP contribution < -0.4 is 0 Å². The molecule has 2 aliphatic rings. The Hall–Kier alpha value is 0. The van der Waals surface area contributed by atoms with E-state index < -0.39 is 0 Å². The lowest BCUT2D eigenvalue weighted by molar-refractivity contribution is 0.397. The van der Waals surface area contributed by atoms with Crippen molar-refractivity contribution < 1.29 is 0 Å². The summed E-state index contributed by atoms with van der Waals surface area (Å²) in [6.07, 6.45) is 15.0. The first-order valence-corrected chi connectivity index (χ1v) is 18.4. The predicted octanol–water partition coefficient (Wildman–Crippen LogP) is 16.5. The van der Waals surface area contributed by atoms with Gasteiger partial charge < -0.3 is 0 Å². The molecule has 0 heterocycles. The van der Waals surface area contributed by atoms with Gasteiger partial charge in [-0.2, -0.15) is 0 Å². The van der Waals surface area contributed by atoms with E-state index in [1.165, 1.54) is 70.6 Å². The molecule has 2 fully saturated rings. The Kier molecular flexibility index (Phi) is 41.0. The van der Waals surface area contributed by atoms with Crippen molar-refractivity contribution in [1.82, 2.24) is 0 Å². The predicted molar refractivity (Wildman–Crippen MR) is 201 cm³/mol. The Morgan fingerprint density at radius 2 is 0.756 bits per heavy atom. The summed E-state index contributed by atoms with van der Waals surface area (Å²) in [6.45, 7) is 51.3. The summed E-state index contributed by atoms with van der Waals surface area (Å²) in [6, 6.07) is 0. The standard InChI is InChI=1S/C7H14.C6H12.2C6H14.C5H12.2C4H10.C3H8/c1-6(2)7(3)4-5-7;1-3-6(2)4-5-6;2*1-5-6(2,3)4;1-4-5(2)3;1-4(2)3;1-3-4-2;1-3-2/h6H,4-5H2,1-3H3;3-5H2,1-2H3;2*5H2,1-4H3;5H,4H2,1-3H3;4H,1-3H3;3-4H2,1-2H3;3H2,1-2H3. The van der Waals surface area contributed by atoms with Crippen LogP contribution >= 0.6 is 0 Å². The van der Waals surface area contributed by atoms with Gasteiger partial charge in [0.1, 0.15) is 0 Å². The highest BCUT2D eigenvalue weighted by Crippen LogP contribution is 2.51. The van der Waals surface area contributed by atoms with Gasteiger partial charge in [-0.05, 0) is 65.1 Å². The fraction of sp³-hybridized carbons (Fsp3) is 1.00. The van der Waals surface area contributed by atoms with Crippen molar-refractivity contribution in [3.63, 3.8) is 0 Å². The maximum atomic E-state index is 2.37. The van der Waals surface area contributed by atoms with Gasteiger partial charge in [0.2, 0.25) is 0 Å². The summed E-state index contributed by atoms with van der Waals surface area (Å²) in [5.74, 6) is 2.63. The van der Waals surface area contributed by atoms with Crippen LogP contribution in [-0.4, -0.2) is 0 Å². The molecule has 0 bridgehead atoms. The number of hydrogen-bond acceptors (Lipinski definition) is 0. The zero-order valence-corrected chi connectivity index (χ0v) is 34.5. The highest BCUT2D eigenvalue weighted by atomic mass is 14.4. The Bertz CT molecular complexity index is 418. The Morgan fingerprint density at radius 3 is 0.756 bits per heavy atom. The highest BCUT2D eigenvalue weighted by Gasteiger charge is 2.39. The first-order chi connectivity index (χ1) is 18.4. The highest BCUT2D eigenvalue weighted by molar-refractivity contribution is 4.90. The molecule has 2 rings (SSSR count). The molecule has 258 valence electrons. The van der Waals surface area contributed by atoms with E-state index in [9.17, 15) is 0 Å². The van der Waals surface area contributed by atoms with E-state index in [4.69, 9.17) is 0 Å². The number of hydrogen-bond donors (Lipinski definition) is 0. The van der Waals surface area contributed by atoms with Crippen LogP contribution in [0.1, 0.15) is 230 Å². The first-order valence-electron chi connectivity index (χ1n) is 18.4. The van der Waals surface area contributed by atoms with Crippen molar-refractivity contribution in [1.29, 1.82) is 0 Å². The molecule has 0 aromatic rings. The molecule has 0 aromatic carbocycles. The van der Waals surface area contributed by atoms with Crippen LogP contribution in [-0.2, 0) is 0 Å². The minimum Gasteiger partial charge on any atom is -0.0656 e. The topological polar surface area (TPSA) is 0 Å². The molecule has 0 heteroatoms. The number of rotatable bonds is 4. The summed E-state index contributed by atoms with van der Waals surface area (Å²) >= 11 is 0. The largest absolute Gasteiger partial charge is 0.0656 e. The summed E-state index contributed by atoms with van der Waals surface area (Å²) in [5, 5.41) is 0. The third-order valence-corrected chi connectivity index (χ3v) is 7.83. The minimum absolute atomic E-state index is 0.542. The Balaban J connectivity index is -0.0000000865. The molecule has 0 amide bonds. The first kappa shape index (κ1) is 53.6. The van der Waals surface area contributed by atoms with Crippen molar-refractivity contribution in [2.75, 3.05) is 0 Å². The molecule has 2 aliphatic carbocycles. The SMILES string of the molecule is CC(C)C.CC(C)C1(C)CC1.CCC.CCC(C)(C)C.CCC(C)(C)C.CCC(C)C.CCC1(C)CC1.CCCC. The van der Waals surface area contributed by atoms with Gasteiger partial charge in [0.05, 0.1) is 0 Å². The molecular weight excluding hydrogens is 492 g/mol. The van der Waals surface area contributed by atoms with E-state index in [-0.39, 0.29) is 0 Å². The van der Waals surface area contributed by atoms with Gasteiger partial charge in [-0.15, -0.1) is 0 Å². The molecule has 0 radical (unpaired) electrons. The van der Waals surface area contributed by atoms with Gasteiger partial charge in [-0.1, -0.05) is 204 Å². The lowest BCUT2D eigenvalue weighted by Gasteiger charge is -2.12. The van der Waals surface area contributed by atoms with Gasteiger partial charge >= 0.3 is 0 Å². The van der Waals surface area contributed by atoms with Crippen molar-refractivity contribution in [2.24, 2.45) is 39.4 Å². The molecule has 0 aliphatic heterocycles. The average molecular weight is 587 g/mol. The van der Waals surface area contributed by atoms with E-state index in [0.29, 0.717) is 10.8 Å². The van der Waals surface area contributed by atoms with Crippen LogP contribution in [0, 0.1) is 39.4 Å². The van der Waals surface area contributed by atoms with Crippen molar-refractivity contribution in [3.8, 4) is 0 Å². The normalized spacial score (nSPS) is 15.1. The van der Waals surface area contributed by atoms with Crippen molar-refractivity contribution >= 4 is 0 Å². The lowest BCUT2D eigenvalue weighted by Crippen LogP contribution is -2.01. The molecular formula is C41H94. The summed E-state index contributed by atoms with van der Waals surface area (Å²) < 4.78 is 0. The maximum Gasteiger partial charge on any atom is -0.0302 e. The summed E-state index contributed by atoms with van der Waals surface area (Å²) in [4.78, 5) is 0. The molecule has 0 N–H and O–H groups in total. The zero-order chi connectivity index (χ0) is 34.5. The Morgan fingerprint density at radius 1 is 0.537 bits per heavy atom. The minimum atomic E-state index is 0.542. The third-order valence-electron chi connectivity index (χ3n) is 7.83. The van der Waals surface area contributed by atoms with Crippen molar-refractivity contribution in [2.45, 2.75) is 230 Å². The quantitative estimate of drug-likeness (QED) is 0.307. The average Bonchev–Trinajstić information content (AvgIpc) is 3.79. The molecule has 0 nitrogen and oxygen atoms in total. The van der Waals surface area contributed by atoms with Crippen LogP contribution in [0.2, 0.25) is 0 Å². The monoisotopic (exact) mass is 587 g/mol. The number of unbranched alkanes of at least 4 members (excludes halogenated alkanes) is 1. The summed E-state index contributed by atoms with van der Waals surface area (Å²) in [5.41, 5.74) is 2.62. The third kappa shape index (κ3) is 73.7. The lowest BCUT2D eigenvalue weighted by atomic mass is 9.94. The second-order valence-electron chi connectivity index (χ2n) is 17.0. The molecule has 2 saturated carbocycles. The summed E-state index contributed by atoms with van der Waals surface area (Å²) in [7, 11) is 0. The molecule has 0 aromatic heterocycles. The van der Waals surface area contributed by atoms with E-state index >= 15 is 0 Å². The Labute approximate surface area is 268 Å². The van der Waals surface area contributed by atoms with Gasteiger partial charge in [-0.25, -0.2) is 0 Å². The van der Waals surface area contributed by atoms with E-state index in [0.717, 1.165) is 28.6 Å². The van der Waals surface area contributed by atoms with Crippen LogP contribution in [0.25, 0.3) is 0 Å². The smallest absolute Gasteiger partial charge is 0.0302 e. The van der Waals surface area contributed by atoms with Crippen LogP contribution in [0.15, 0.2) is 0 Å². The maximum absolute atomic E-state index is 2.37. The van der Waals surface area contributed by atoms with E-state index in [1.54, 1.807) is 0 Å².